The fraction of sp³-hybridized carbons (Fsp3) is 0.600. The van der Waals surface area contributed by atoms with Gasteiger partial charge in [0, 0.05) is 42.8 Å². The standard InChI is InChI=1S/C15H22BrN3O/c1-3-18(4-2)15(20)12-5-7-19(8-6-12)14-9-13(16)10-17-11-14/h9-12H,3-8H2,1-2H3. The number of hydrogen-bond acceptors (Lipinski definition) is 3. The highest BCUT2D eigenvalue weighted by molar-refractivity contribution is 9.10. The van der Waals surface area contributed by atoms with Gasteiger partial charge in [-0.2, -0.15) is 0 Å². The molecule has 1 aliphatic heterocycles. The fourth-order valence-electron chi connectivity index (χ4n) is 2.75. The summed E-state index contributed by atoms with van der Waals surface area (Å²) in [5, 5.41) is 0. The number of nitrogens with zero attached hydrogens (tertiary/aromatic N) is 3. The Hall–Kier alpha value is -1.10. The van der Waals surface area contributed by atoms with Gasteiger partial charge in [0.25, 0.3) is 0 Å². The van der Waals surface area contributed by atoms with E-state index < -0.39 is 0 Å². The molecule has 1 fully saturated rings. The molecule has 20 heavy (non-hydrogen) atoms. The van der Waals surface area contributed by atoms with Crippen LogP contribution < -0.4 is 4.90 Å². The van der Waals surface area contributed by atoms with Crippen LogP contribution in [0.5, 0.6) is 0 Å². The van der Waals surface area contributed by atoms with Gasteiger partial charge in [-0.15, -0.1) is 0 Å². The quantitative estimate of drug-likeness (QED) is 0.846. The first-order valence-corrected chi connectivity index (χ1v) is 8.09. The molecule has 110 valence electrons. The van der Waals surface area contributed by atoms with Crippen LogP contribution >= 0.6 is 15.9 Å². The minimum Gasteiger partial charge on any atom is -0.370 e. The van der Waals surface area contributed by atoms with Crippen molar-refractivity contribution in [3.8, 4) is 0 Å². The topological polar surface area (TPSA) is 36.4 Å². The highest BCUT2D eigenvalue weighted by Gasteiger charge is 2.27. The molecule has 1 saturated heterocycles. The Morgan fingerprint density at radius 3 is 2.55 bits per heavy atom. The van der Waals surface area contributed by atoms with Crippen molar-refractivity contribution in [3.05, 3.63) is 22.9 Å². The maximum absolute atomic E-state index is 12.3. The van der Waals surface area contributed by atoms with Crippen LogP contribution in [0.4, 0.5) is 5.69 Å². The van der Waals surface area contributed by atoms with Gasteiger partial charge in [-0.05, 0) is 48.7 Å². The summed E-state index contributed by atoms with van der Waals surface area (Å²) in [7, 11) is 0. The van der Waals surface area contributed by atoms with Crippen LogP contribution in [-0.4, -0.2) is 42.0 Å². The third-order valence-corrected chi connectivity index (χ3v) is 4.41. The maximum Gasteiger partial charge on any atom is 0.225 e. The summed E-state index contributed by atoms with van der Waals surface area (Å²) in [6.45, 7) is 7.56. The molecular weight excluding hydrogens is 318 g/mol. The summed E-state index contributed by atoms with van der Waals surface area (Å²) in [5.74, 6) is 0.508. The summed E-state index contributed by atoms with van der Waals surface area (Å²) in [6, 6.07) is 2.08. The Kier molecular flexibility index (Phi) is 5.40. The maximum atomic E-state index is 12.3. The summed E-state index contributed by atoms with van der Waals surface area (Å²) >= 11 is 3.45. The van der Waals surface area contributed by atoms with Crippen LogP contribution in [0.1, 0.15) is 26.7 Å². The zero-order valence-corrected chi connectivity index (χ0v) is 13.8. The summed E-state index contributed by atoms with van der Waals surface area (Å²) in [5.41, 5.74) is 1.13. The number of rotatable bonds is 4. The molecule has 2 heterocycles. The second-order valence-electron chi connectivity index (χ2n) is 5.13. The first kappa shape index (κ1) is 15.3. The van der Waals surface area contributed by atoms with E-state index >= 15 is 0 Å². The Morgan fingerprint density at radius 1 is 1.35 bits per heavy atom. The Bertz CT molecular complexity index is 454. The summed E-state index contributed by atoms with van der Waals surface area (Å²) in [6.07, 6.45) is 5.54. The molecule has 0 aromatic carbocycles. The lowest BCUT2D eigenvalue weighted by Crippen LogP contribution is -2.42. The molecule has 1 aromatic rings. The van der Waals surface area contributed by atoms with Crippen LogP contribution in [0.3, 0.4) is 0 Å². The molecule has 1 aliphatic rings. The van der Waals surface area contributed by atoms with E-state index in [4.69, 9.17) is 0 Å². The number of amides is 1. The lowest BCUT2D eigenvalue weighted by atomic mass is 9.95. The van der Waals surface area contributed by atoms with E-state index in [9.17, 15) is 4.79 Å². The van der Waals surface area contributed by atoms with Crippen molar-refractivity contribution in [3.63, 3.8) is 0 Å². The fourth-order valence-corrected chi connectivity index (χ4v) is 3.10. The van der Waals surface area contributed by atoms with Crippen LogP contribution in [0.2, 0.25) is 0 Å². The smallest absolute Gasteiger partial charge is 0.225 e. The zero-order valence-electron chi connectivity index (χ0n) is 12.2. The number of halogens is 1. The number of anilines is 1. The Morgan fingerprint density at radius 2 is 2.00 bits per heavy atom. The third-order valence-electron chi connectivity index (χ3n) is 3.97. The lowest BCUT2D eigenvalue weighted by molar-refractivity contribution is -0.135. The number of carbonyl (C=O) groups is 1. The predicted octanol–water partition coefficient (Wildman–Crippen LogP) is 2.93. The second kappa shape index (κ2) is 7.07. The van der Waals surface area contributed by atoms with Crippen molar-refractivity contribution in [2.75, 3.05) is 31.1 Å². The Balaban J connectivity index is 1.94. The molecule has 5 heteroatoms. The molecule has 0 aliphatic carbocycles. The van der Waals surface area contributed by atoms with Gasteiger partial charge in [-0.1, -0.05) is 0 Å². The molecule has 2 rings (SSSR count). The predicted molar refractivity (Wildman–Crippen MR) is 84.8 cm³/mol. The monoisotopic (exact) mass is 339 g/mol. The highest BCUT2D eigenvalue weighted by Crippen LogP contribution is 2.25. The number of pyridine rings is 1. The molecule has 0 unspecified atom stereocenters. The molecule has 0 spiro atoms. The summed E-state index contributed by atoms with van der Waals surface area (Å²) < 4.78 is 0.997. The lowest BCUT2D eigenvalue weighted by Gasteiger charge is -2.34. The van der Waals surface area contributed by atoms with Gasteiger partial charge in [0.1, 0.15) is 0 Å². The van der Waals surface area contributed by atoms with Crippen molar-refractivity contribution >= 4 is 27.5 Å². The van der Waals surface area contributed by atoms with Crippen molar-refractivity contribution in [1.82, 2.24) is 9.88 Å². The van der Waals surface area contributed by atoms with Gasteiger partial charge in [-0.3, -0.25) is 9.78 Å². The first-order chi connectivity index (χ1) is 9.65. The van der Waals surface area contributed by atoms with Gasteiger partial charge >= 0.3 is 0 Å². The minimum absolute atomic E-state index is 0.186. The Labute approximate surface area is 129 Å². The van der Waals surface area contributed by atoms with Gasteiger partial charge in [-0.25, -0.2) is 0 Å². The second-order valence-corrected chi connectivity index (χ2v) is 6.05. The largest absolute Gasteiger partial charge is 0.370 e. The molecule has 0 N–H and O–H groups in total. The average molecular weight is 340 g/mol. The zero-order chi connectivity index (χ0) is 14.5. The van der Waals surface area contributed by atoms with Crippen LogP contribution in [-0.2, 0) is 4.79 Å². The molecule has 0 radical (unpaired) electrons. The van der Waals surface area contributed by atoms with E-state index in [1.54, 1.807) is 6.20 Å². The molecule has 1 aromatic heterocycles. The van der Waals surface area contributed by atoms with E-state index in [2.05, 4.69) is 31.9 Å². The van der Waals surface area contributed by atoms with Crippen molar-refractivity contribution in [2.24, 2.45) is 5.92 Å². The summed E-state index contributed by atoms with van der Waals surface area (Å²) in [4.78, 5) is 20.8. The van der Waals surface area contributed by atoms with Gasteiger partial charge in [0.05, 0.1) is 11.9 Å². The van der Waals surface area contributed by atoms with Crippen LogP contribution in [0, 0.1) is 5.92 Å². The van der Waals surface area contributed by atoms with E-state index in [1.165, 1.54) is 0 Å². The number of hydrogen-bond donors (Lipinski definition) is 0. The van der Waals surface area contributed by atoms with Gasteiger partial charge in [0.15, 0.2) is 0 Å². The first-order valence-electron chi connectivity index (χ1n) is 7.30. The normalized spacial score (nSPS) is 16.2. The van der Waals surface area contributed by atoms with E-state index in [0.717, 1.165) is 49.2 Å². The molecule has 1 amide bonds. The van der Waals surface area contributed by atoms with Crippen molar-refractivity contribution < 1.29 is 4.79 Å². The molecule has 4 nitrogen and oxygen atoms in total. The van der Waals surface area contributed by atoms with Crippen molar-refractivity contribution in [2.45, 2.75) is 26.7 Å². The third kappa shape index (κ3) is 3.51. The van der Waals surface area contributed by atoms with E-state index in [1.807, 2.05) is 24.9 Å². The highest BCUT2D eigenvalue weighted by atomic mass is 79.9. The van der Waals surface area contributed by atoms with E-state index in [0.29, 0.717) is 5.91 Å². The molecular formula is C15H22BrN3O. The molecule has 0 saturated carbocycles. The van der Waals surface area contributed by atoms with Crippen LogP contribution in [0.25, 0.3) is 0 Å². The van der Waals surface area contributed by atoms with Gasteiger partial charge in [0.2, 0.25) is 5.91 Å². The SMILES string of the molecule is CCN(CC)C(=O)C1CCN(c2cncc(Br)c2)CC1. The minimum atomic E-state index is 0.186. The van der Waals surface area contributed by atoms with Crippen LogP contribution in [0.15, 0.2) is 22.9 Å². The molecule has 0 bridgehead atoms. The van der Waals surface area contributed by atoms with E-state index in [-0.39, 0.29) is 5.92 Å². The van der Waals surface area contributed by atoms with Crippen molar-refractivity contribution in [1.29, 1.82) is 0 Å². The molecule has 0 atom stereocenters. The number of aromatic nitrogens is 1. The number of piperidine rings is 1. The van der Waals surface area contributed by atoms with Gasteiger partial charge < -0.3 is 9.80 Å². The number of carbonyl (C=O) groups excluding carboxylic acids is 1. The average Bonchev–Trinajstić information content (AvgIpc) is 2.48.